The van der Waals surface area contributed by atoms with Crippen LogP contribution < -0.4 is 10.6 Å². The van der Waals surface area contributed by atoms with E-state index >= 15 is 0 Å². The zero-order valence-corrected chi connectivity index (χ0v) is 15.7. The summed E-state index contributed by atoms with van der Waals surface area (Å²) in [4.78, 5) is 29.2. The molecule has 0 radical (unpaired) electrons. The second-order valence-corrected chi connectivity index (χ2v) is 6.49. The van der Waals surface area contributed by atoms with Gasteiger partial charge in [0.25, 0.3) is 5.91 Å². The molecule has 3 heterocycles. The maximum atomic E-state index is 12.8. The fourth-order valence-electron chi connectivity index (χ4n) is 2.72. The van der Waals surface area contributed by atoms with E-state index in [1.807, 2.05) is 20.8 Å². The van der Waals surface area contributed by atoms with Crippen molar-refractivity contribution in [2.45, 2.75) is 33.2 Å². The smallest absolute Gasteiger partial charge is 0.252 e. The number of amides is 2. The summed E-state index contributed by atoms with van der Waals surface area (Å²) in [7, 11) is 0. The largest absolute Gasteiger partial charge is 0.463 e. The molecule has 3 aromatic heterocycles. The van der Waals surface area contributed by atoms with E-state index in [9.17, 15) is 9.59 Å². The van der Waals surface area contributed by atoms with E-state index in [-0.39, 0.29) is 24.4 Å². The number of nitrogens with one attached hydrogen (secondary N) is 2. The van der Waals surface area contributed by atoms with E-state index < -0.39 is 0 Å². The van der Waals surface area contributed by atoms with Crippen LogP contribution in [0.3, 0.4) is 0 Å². The Morgan fingerprint density at radius 3 is 2.78 bits per heavy atom. The van der Waals surface area contributed by atoms with Crippen LogP contribution >= 0.6 is 0 Å². The van der Waals surface area contributed by atoms with Gasteiger partial charge in [-0.05, 0) is 38.5 Å². The van der Waals surface area contributed by atoms with Crippen molar-refractivity contribution < 1.29 is 14.0 Å². The zero-order valence-electron chi connectivity index (χ0n) is 15.7. The quantitative estimate of drug-likeness (QED) is 0.666. The monoisotopic (exact) mass is 369 g/mol. The number of rotatable bonds is 7. The molecular weight excluding hydrogens is 346 g/mol. The van der Waals surface area contributed by atoms with Crippen LogP contribution in [0.2, 0.25) is 0 Å². The third kappa shape index (κ3) is 3.99. The maximum absolute atomic E-state index is 12.8. The lowest BCUT2D eigenvalue weighted by Crippen LogP contribution is -2.37. The SMILES string of the molecule is CCCNC(=O)CNC(=O)c1cc(-c2ccco2)nc2c1cnn2C(C)C. The minimum absolute atomic E-state index is 0.0811. The molecule has 0 aliphatic carbocycles. The highest BCUT2D eigenvalue weighted by atomic mass is 16.3. The third-order valence-corrected chi connectivity index (χ3v) is 4.06. The molecule has 0 aliphatic rings. The minimum Gasteiger partial charge on any atom is -0.463 e. The molecule has 142 valence electrons. The van der Waals surface area contributed by atoms with Gasteiger partial charge in [-0.15, -0.1) is 0 Å². The predicted molar refractivity (Wildman–Crippen MR) is 101 cm³/mol. The molecule has 0 spiro atoms. The Morgan fingerprint density at radius 1 is 1.30 bits per heavy atom. The minimum atomic E-state index is -0.356. The van der Waals surface area contributed by atoms with Crippen molar-refractivity contribution in [3.63, 3.8) is 0 Å². The van der Waals surface area contributed by atoms with Crippen molar-refractivity contribution >= 4 is 22.8 Å². The van der Waals surface area contributed by atoms with Crippen LogP contribution in [-0.4, -0.2) is 39.7 Å². The van der Waals surface area contributed by atoms with Gasteiger partial charge in [0.15, 0.2) is 11.4 Å². The number of fused-ring (bicyclic) bond motifs is 1. The van der Waals surface area contributed by atoms with Gasteiger partial charge in [0, 0.05) is 12.6 Å². The van der Waals surface area contributed by atoms with Crippen LogP contribution in [0.25, 0.3) is 22.5 Å². The van der Waals surface area contributed by atoms with E-state index in [1.54, 1.807) is 35.3 Å². The number of carbonyl (C=O) groups is 2. The van der Waals surface area contributed by atoms with Crippen molar-refractivity contribution in [1.29, 1.82) is 0 Å². The molecule has 8 heteroatoms. The molecule has 3 rings (SSSR count). The molecule has 27 heavy (non-hydrogen) atoms. The van der Waals surface area contributed by atoms with Crippen LogP contribution in [0.1, 0.15) is 43.6 Å². The lowest BCUT2D eigenvalue weighted by molar-refractivity contribution is -0.120. The summed E-state index contributed by atoms with van der Waals surface area (Å²) in [6, 6.07) is 5.29. The standard InChI is InChI=1S/C19H23N5O3/c1-4-7-20-17(25)11-21-19(26)13-9-15(16-6-5-8-27-16)23-18-14(13)10-22-24(18)12(2)3/h5-6,8-10,12H,4,7,11H2,1-3H3,(H,20,25)(H,21,26). The summed E-state index contributed by atoms with van der Waals surface area (Å²) < 4.78 is 7.19. The van der Waals surface area contributed by atoms with Crippen molar-refractivity contribution in [2.75, 3.05) is 13.1 Å². The molecule has 0 aromatic carbocycles. The Morgan fingerprint density at radius 2 is 2.11 bits per heavy atom. The molecule has 0 saturated heterocycles. The van der Waals surface area contributed by atoms with Gasteiger partial charge < -0.3 is 15.1 Å². The molecular formula is C19H23N5O3. The summed E-state index contributed by atoms with van der Waals surface area (Å²) in [5.74, 6) is -0.0204. The fraction of sp³-hybridized carbons (Fsp3) is 0.368. The summed E-state index contributed by atoms with van der Waals surface area (Å²) in [6.07, 6.45) is 4.02. The second kappa shape index (κ2) is 8.03. The Hall–Kier alpha value is -3.16. The fourth-order valence-corrected chi connectivity index (χ4v) is 2.72. The first-order chi connectivity index (χ1) is 13.0. The van der Waals surface area contributed by atoms with Crippen molar-refractivity contribution in [1.82, 2.24) is 25.4 Å². The van der Waals surface area contributed by atoms with Gasteiger partial charge >= 0.3 is 0 Å². The number of furan rings is 1. The molecule has 0 unspecified atom stereocenters. The summed E-state index contributed by atoms with van der Waals surface area (Å²) in [5.41, 5.74) is 1.54. The van der Waals surface area contributed by atoms with E-state index in [0.29, 0.717) is 34.6 Å². The van der Waals surface area contributed by atoms with Gasteiger partial charge in [0.1, 0.15) is 5.69 Å². The van der Waals surface area contributed by atoms with E-state index in [2.05, 4.69) is 20.7 Å². The molecule has 2 N–H and O–H groups in total. The highest BCUT2D eigenvalue weighted by Gasteiger charge is 2.19. The maximum Gasteiger partial charge on any atom is 0.252 e. The van der Waals surface area contributed by atoms with Crippen LogP contribution in [-0.2, 0) is 4.79 Å². The Kier molecular flexibility index (Phi) is 5.54. The van der Waals surface area contributed by atoms with Gasteiger partial charge in [0.2, 0.25) is 5.91 Å². The third-order valence-electron chi connectivity index (χ3n) is 4.06. The summed E-state index contributed by atoms with van der Waals surface area (Å²) in [5, 5.41) is 10.4. The van der Waals surface area contributed by atoms with Crippen LogP contribution in [0.4, 0.5) is 0 Å². The number of aromatic nitrogens is 3. The number of carbonyl (C=O) groups excluding carboxylic acids is 2. The highest BCUT2D eigenvalue weighted by molar-refractivity contribution is 6.07. The highest BCUT2D eigenvalue weighted by Crippen LogP contribution is 2.26. The zero-order chi connectivity index (χ0) is 19.4. The average molecular weight is 369 g/mol. The first kappa shape index (κ1) is 18.6. The van der Waals surface area contributed by atoms with Crippen molar-refractivity contribution in [3.8, 4) is 11.5 Å². The van der Waals surface area contributed by atoms with Gasteiger partial charge in [-0.2, -0.15) is 5.10 Å². The molecule has 3 aromatic rings. The van der Waals surface area contributed by atoms with Gasteiger partial charge in [0.05, 0.1) is 30.0 Å². The average Bonchev–Trinajstić information content (AvgIpc) is 3.32. The molecule has 0 bridgehead atoms. The van der Waals surface area contributed by atoms with Crippen molar-refractivity contribution in [2.24, 2.45) is 0 Å². The molecule has 0 fully saturated rings. The number of hydrogen-bond donors (Lipinski definition) is 2. The Bertz CT molecular complexity index is 944. The van der Waals surface area contributed by atoms with Crippen LogP contribution in [0.15, 0.2) is 35.1 Å². The molecule has 0 saturated carbocycles. The normalized spacial score (nSPS) is 11.1. The Balaban J connectivity index is 1.95. The molecule has 0 atom stereocenters. The molecule has 8 nitrogen and oxygen atoms in total. The number of hydrogen-bond acceptors (Lipinski definition) is 5. The first-order valence-electron chi connectivity index (χ1n) is 8.98. The summed E-state index contributed by atoms with van der Waals surface area (Å²) in [6.45, 7) is 6.45. The summed E-state index contributed by atoms with van der Waals surface area (Å²) >= 11 is 0. The Labute approximate surface area is 156 Å². The molecule has 0 aliphatic heterocycles. The number of pyridine rings is 1. The first-order valence-corrected chi connectivity index (χ1v) is 8.98. The van der Waals surface area contributed by atoms with E-state index in [4.69, 9.17) is 4.42 Å². The van der Waals surface area contributed by atoms with Gasteiger partial charge in [-0.3, -0.25) is 9.59 Å². The van der Waals surface area contributed by atoms with Crippen molar-refractivity contribution in [3.05, 3.63) is 36.2 Å². The van der Waals surface area contributed by atoms with E-state index in [1.165, 1.54) is 0 Å². The van der Waals surface area contributed by atoms with Crippen LogP contribution in [0, 0.1) is 0 Å². The van der Waals surface area contributed by atoms with Crippen LogP contribution in [0.5, 0.6) is 0 Å². The van der Waals surface area contributed by atoms with Gasteiger partial charge in [-0.1, -0.05) is 6.92 Å². The van der Waals surface area contributed by atoms with Gasteiger partial charge in [-0.25, -0.2) is 9.67 Å². The lowest BCUT2D eigenvalue weighted by Gasteiger charge is -2.10. The topological polar surface area (TPSA) is 102 Å². The lowest BCUT2D eigenvalue weighted by atomic mass is 10.1. The van der Waals surface area contributed by atoms with E-state index in [0.717, 1.165) is 6.42 Å². The predicted octanol–water partition coefficient (Wildman–Crippen LogP) is 2.53. The number of nitrogens with zero attached hydrogens (tertiary/aromatic N) is 3. The second-order valence-electron chi connectivity index (χ2n) is 6.49. The molecule has 2 amide bonds.